The zero-order valence-electron chi connectivity index (χ0n) is 17.4. The van der Waals surface area contributed by atoms with Gasteiger partial charge in [0.25, 0.3) is 10.0 Å². The number of sulfonamides is 1. The van der Waals surface area contributed by atoms with Crippen LogP contribution in [0.5, 0.6) is 11.5 Å². The van der Waals surface area contributed by atoms with Gasteiger partial charge < -0.3 is 14.8 Å². The van der Waals surface area contributed by atoms with Gasteiger partial charge in [-0.1, -0.05) is 32.0 Å². The van der Waals surface area contributed by atoms with E-state index in [1.54, 1.807) is 36.4 Å². The number of ether oxygens (including phenoxy) is 2. The van der Waals surface area contributed by atoms with Crippen LogP contribution in [-0.4, -0.2) is 41.1 Å². The molecule has 1 amide bonds. The number of nitrogens with one attached hydrogen (secondary N) is 1. The van der Waals surface area contributed by atoms with Crippen LogP contribution in [0.15, 0.2) is 53.4 Å². The molecule has 0 radical (unpaired) electrons. The fourth-order valence-corrected chi connectivity index (χ4v) is 4.05. The summed E-state index contributed by atoms with van der Waals surface area (Å²) in [5, 5.41) is 2.85. The van der Waals surface area contributed by atoms with Crippen LogP contribution in [0.2, 0.25) is 0 Å². The van der Waals surface area contributed by atoms with Gasteiger partial charge in [0.2, 0.25) is 5.91 Å². The lowest BCUT2D eigenvalue weighted by Crippen LogP contribution is -2.45. The molecule has 2 aromatic rings. The number of hydrogen-bond donors (Lipinski definition) is 1. The second kappa shape index (κ2) is 9.65. The molecule has 0 aliphatic rings. The van der Waals surface area contributed by atoms with Crippen molar-refractivity contribution in [2.45, 2.75) is 31.7 Å². The zero-order valence-corrected chi connectivity index (χ0v) is 18.2. The number of rotatable bonds is 9. The van der Waals surface area contributed by atoms with Crippen molar-refractivity contribution in [1.29, 1.82) is 0 Å². The molecular weight excluding hydrogens is 392 g/mol. The third-order valence-corrected chi connectivity index (χ3v) is 6.45. The van der Waals surface area contributed by atoms with Gasteiger partial charge in [0, 0.05) is 12.1 Å². The van der Waals surface area contributed by atoms with Crippen molar-refractivity contribution >= 4 is 21.6 Å². The Balaban J connectivity index is 2.47. The molecule has 2 aromatic carbocycles. The molecule has 1 N–H and O–H groups in total. The molecule has 0 saturated carbocycles. The monoisotopic (exact) mass is 420 g/mol. The van der Waals surface area contributed by atoms with Crippen molar-refractivity contribution in [2.75, 3.05) is 25.1 Å². The minimum atomic E-state index is -3.97. The van der Waals surface area contributed by atoms with E-state index in [0.29, 0.717) is 17.2 Å². The van der Waals surface area contributed by atoms with Gasteiger partial charge in [-0.25, -0.2) is 8.42 Å². The molecule has 0 aliphatic carbocycles. The molecule has 0 aromatic heterocycles. The summed E-state index contributed by atoms with van der Waals surface area (Å²) in [7, 11) is -1.01. The van der Waals surface area contributed by atoms with Crippen LogP contribution in [0.1, 0.15) is 20.8 Å². The van der Waals surface area contributed by atoms with Crippen LogP contribution >= 0.6 is 0 Å². The van der Waals surface area contributed by atoms with Crippen molar-refractivity contribution in [3.8, 4) is 11.5 Å². The van der Waals surface area contributed by atoms with Gasteiger partial charge in [-0.15, -0.1) is 0 Å². The number of hydrogen-bond acceptors (Lipinski definition) is 5. The average molecular weight is 421 g/mol. The number of anilines is 1. The normalized spacial score (nSPS) is 12.3. The molecule has 0 unspecified atom stereocenters. The molecule has 0 aliphatic heterocycles. The van der Waals surface area contributed by atoms with Gasteiger partial charge in [0.1, 0.15) is 6.54 Å². The summed E-state index contributed by atoms with van der Waals surface area (Å²) in [4.78, 5) is 12.7. The van der Waals surface area contributed by atoms with Crippen molar-refractivity contribution in [1.82, 2.24) is 5.32 Å². The molecule has 1 atom stereocenters. The SMILES string of the molecule is COc1ccc(N(CC(=O)N[C@H](C)C(C)C)S(=O)(=O)c2ccccc2)cc1OC. The van der Waals surface area contributed by atoms with E-state index in [1.165, 1.54) is 26.4 Å². The summed E-state index contributed by atoms with van der Waals surface area (Å²) in [6.45, 7) is 5.49. The van der Waals surface area contributed by atoms with Crippen LogP contribution in [0.25, 0.3) is 0 Å². The van der Waals surface area contributed by atoms with Crippen LogP contribution in [-0.2, 0) is 14.8 Å². The zero-order chi connectivity index (χ0) is 21.6. The fraction of sp³-hybridized carbons (Fsp3) is 0.381. The lowest BCUT2D eigenvalue weighted by Gasteiger charge is -2.26. The van der Waals surface area contributed by atoms with Crippen molar-refractivity contribution < 1.29 is 22.7 Å². The van der Waals surface area contributed by atoms with E-state index in [2.05, 4.69) is 5.32 Å². The van der Waals surface area contributed by atoms with Gasteiger partial charge in [-0.05, 0) is 37.1 Å². The molecule has 0 spiro atoms. The van der Waals surface area contributed by atoms with E-state index in [0.717, 1.165) is 4.31 Å². The number of carbonyl (C=O) groups excluding carboxylic acids is 1. The van der Waals surface area contributed by atoms with E-state index in [4.69, 9.17) is 9.47 Å². The minimum absolute atomic E-state index is 0.0887. The summed E-state index contributed by atoms with van der Waals surface area (Å²) in [6.07, 6.45) is 0. The second-order valence-corrected chi connectivity index (χ2v) is 8.83. The smallest absolute Gasteiger partial charge is 0.264 e. The summed E-state index contributed by atoms with van der Waals surface area (Å²) in [5.41, 5.74) is 0.304. The highest BCUT2D eigenvalue weighted by molar-refractivity contribution is 7.92. The van der Waals surface area contributed by atoms with E-state index < -0.39 is 10.0 Å². The van der Waals surface area contributed by atoms with Crippen molar-refractivity contribution in [2.24, 2.45) is 5.92 Å². The third-order valence-electron chi connectivity index (χ3n) is 4.66. The number of carbonyl (C=O) groups is 1. The van der Waals surface area contributed by atoms with Gasteiger partial charge in [-0.3, -0.25) is 9.10 Å². The maximum absolute atomic E-state index is 13.3. The van der Waals surface area contributed by atoms with Crippen LogP contribution in [0.3, 0.4) is 0 Å². The fourth-order valence-electron chi connectivity index (χ4n) is 2.61. The topological polar surface area (TPSA) is 84.9 Å². The highest BCUT2D eigenvalue weighted by Crippen LogP contribution is 2.33. The van der Waals surface area contributed by atoms with Gasteiger partial charge in [0.15, 0.2) is 11.5 Å². The first kappa shape index (κ1) is 22.5. The molecule has 0 heterocycles. The highest BCUT2D eigenvalue weighted by atomic mass is 32.2. The van der Waals surface area contributed by atoms with Crippen molar-refractivity contribution in [3.63, 3.8) is 0 Å². The molecule has 0 fully saturated rings. The Hall–Kier alpha value is -2.74. The largest absolute Gasteiger partial charge is 0.493 e. The molecule has 0 bridgehead atoms. The maximum atomic E-state index is 13.3. The first-order valence-corrected chi connectivity index (χ1v) is 10.7. The van der Waals surface area contributed by atoms with Gasteiger partial charge in [-0.2, -0.15) is 0 Å². The molecule has 0 saturated heterocycles. The minimum Gasteiger partial charge on any atom is -0.493 e. The molecular formula is C21H28N2O5S. The number of methoxy groups -OCH3 is 2. The summed E-state index contributed by atoms with van der Waals surface area (Å²) >= 11 is 0. The Morgan fingerprint density at radius 1 is 1.00 bits per heavy atom. The predicted octanol–water partition coefficient (Wildman–Crippen LogP) is 3.06. The van der Waals surface area contributed by atoms with Gasteiger partial charge in [0.05, 0.1) is 24.8 Å². The third kappa shape index (κ3) is 5.41. The number of benzene rings is 2. The van der Waals surface area contributed by atoms with Crippen molar-refractivity contribution in [3.05, 3.63) is 48.5 Å². The summed E-state index contributed by atoms with van der Waals surface area (Å²) in [5.74, 6) is 0.667. The van der Waals surface area contributed by atoms with E-state index >= 15 is 0 Å². The first-order valence-electron chi connectivity index (χ1n) is 9.30. The second-order valence-electron chi connectivity index (χ2n) is 6.96. The van der Waals surface area contributed by atoms with Gasteiger partial charge >= 0.3 is 0 Å². The average Bonchev–Trinajstić information content (AvgIpc) is 2.71. The van der Waals surface area contributed by atoms with Crippen LogP contribution < -0.4 is 19.1 Å². The Morgan fingerprint density at radius 3 is 2.17 bits per heavy atom. The maximum Gasteiger partial charge on any atom is 0.264 e. The molecule has 29 heavy (non-hydrogen) atoms. The Bertz CT molecular complexity index is 929. The number of nitrogens with zero attached hydrogens (tertiary/aromatic N) is 1. The molecule has 8 heteroatoms. The molecule has 7 nitrogen and oxygen atoms in total. The van der Waals surface area contributed by atoms with E-state index in [1.807, 2.05) is 20.8 Å². The summed E-state index contributed by atoms with van der Waals surface area (Å²) < 4.78 is 38.2. The van der Waals surface area contributed by atoms with E-state index in [9.17, 15) is 13.2 Å². The van der Waals surface area contributed by atoms with Crippen LogP contribution in [0.4, 0.5) is 5.69 Å². The molecule has 158 valence electrons. The quantitative estimate of drug-likeness (QED) is 0.674. The molecule has 2 rings (SSSR count). The van der Waals surface area contributed by atoms with Crippen LogP contribution in [0, 0.1) is 5.92 Å². The Labute approximate surface area is 172 Å². The first-order chi connectivity index (χ1) is 13.7. The Kier molecular flexibility index (Phi) is 7.50. The predicted molar refractivity (Wildman–Crippen MR) is 113 cm³/mol. The van der Waals surface area contributed by atoms with E-state index in [-0.39, 0.29) is 29.3 Å². The lowest BCUT2D eigenvalue weighted by molar-refractivity contribution is -0.120. The number of amides is 1. The lowest BCUT2D eigenvalue weighted by atomic mass is 10.1. The highest BCUT2D eigenvalue weighted by Gasteiger charge is 2.28. The standard InChI is InChI=1S/C21H28N2O5S/c1-15(2)16(3)22-21(24)14-23(29(25,26)18-9-7-6-8-10-18)17-11-12-19(27-4)20(13-17)28-5/h6-13,15-16H,14H2,1-5H3,(H,22,24)/t16-/m1/s1. The Morgan fingerprint density at radius 2 is 1.62 bits per heavy atom. The summed E-state index contributed by atoms with van der Waals surface area (Å²) in [6, 6.07) is 12.7.